The third kappa shape index (κ3) is 2.15. The van der Waals surface area contributed by atoms with E-state index in [4.69, 9.17) is 28.9 Å². The molecular weight excluding hydrogens is 277 g/mol. The minimum Gasteiger partial charge on any atom is -0.369 e. The Morgan fingerprint density at radius 3 is 2.78 bits per heavy atom. The normalized spacial score (nSPS) is 19.4. The van der Waals surface area contributed by atoms with Gasteiger partial charge in [0.2, 0.25) is 11.8 Å². The van der Waals surface area contributed by atoms with Crippen LogP contribution in [0.5, 0.6) is 0 Å². The zero-order valence-corrected chi connectivity index (χ0v) is 11.1. The highest BCUT2D eigenvalue weighted by atomic mass is 35.5. The number of carbonyl (C=O) groups is 2. The third-order valence-electron chi connectivity index (χ3n) is 2.97. The van der Waals surface area contributed by atoms with E-state index in [1.807, 2.05) is 0 Å². The molecule has 5 nitrogen and oxygen atoms in total. The highest BCUT2D eigenvalue weighted by Gasteiger charge is 2.35. The number of pyridine rings is 1. The molecule has 2 heterocycles. The second-order valence-electron chi connectivity index (χ2n) is 4.18. The average Bonchev–Trinajstić information content (AvgIpc) is 2.69. The molecule has 0 saturated carbocycles. The molecule has 0 spiro atoms. The minimum absolute atomic E-state index is 0.0923. The molecular formula is C11H11Cl2N3O2. The molecule has 1 aromatic heterocycles. The van der Waals surface area contributed by atoms with Gasteiger partial charge in [0.15, 0.2) is 5.82 Å². The van der Waals surface area contributed by atoms with Crippen molar-refractivity contribution in [2.75, 3.05) is 11.4 Å². The van der Waals surface area contributed by atoms with Gasteiger partial charge in [0.1, 0.15) is 0 Å². The Kier molecular flexibility index (Phi) is 3.45. The first-order valence-corrected chi connectivity index (χ1v) is 6.07. The van der Waals surface area contributed by atoms with Gasteiger partial charge in [-0.05, 0) is 12.5 Å². The summed E-state index contributed by atoms with van der Waals surface area (Å²) in [5.74, 6) is -0.874. The van der Waals surface area contributed by atoms with Crippen LogP contribution in [0.1, 0.15) is 12.0 Å². The van der Waals surface area contributed by atoms with Gasteiger partial charge in [0, 0.05) is 19.2 Å². The highest BCUT2D eigenvalue weighted by Crippen LogP contribution is 2.34. The molecule has 1 aliphatic rings. The Hall–Kier alpha value is -1.33. The molecule has 18 heavy (non-hydrogen) atoms. The summed E-state index contributed by atoms with van der Waals surface area (Å²) in [6.45, 7) is 1.95. The molecule has 1 saturated heterocycles. The Morgan fingerprint density at radius 2 is 2.22 bits per heavy atom. The van der Waals surface area contributed by atoms with E-state index >= 15 is 0 Å². The van der Waals surface area contributed by atoms with Crippen molar-refractivity contribution in [2.45, 2.75) is 13.3 Å². The largest absolute Gasteiger partial charge is 0.369 e. The first kappa shape index (κ1) is 13.1. The summed E-state index contributed by atoms with van der Waals surface area (Å²) in [5.41, 5.74) is 5.85. The maximum Gasteiger partial charge on any atom is 0.229 e. The van der Waals surface area contributed by atoms with Gasteiger partial charge in [-0.1, -0.05) is 23.2 Å². The standard InChI is InChI=1S/C11H11Cl2N3O2/c1-5-7(12)3-15-11(9(5)13)16-4-6(10(14)18)2-8(16)17/h3,6H,2,4H2,1H3,(H2,14,18). The number of amides is 2. The fraction of sp³-hybridized carbons (Fsp3) is 0.364. The molecule has 2 rings (SSSR count). The highest BCUT2D eigenvalue weighted by molar-refractivity contribution is 6.37. The zero-order chi connectivity index (χ0) is 13.4. The smallest absolute Gasteiger partial charge is 0.229 e. The van der Waals surface area contributed by atoms with E-state index in [0.29, 0.717) is 21.4 Å². The van der Waals surface area contributed by atoms with Gasteiger partial charge in [-0.3, -0.25) is 14.5 Å². The summed E-state index contributed by atoms with van der Waals surface area (Å²) in [6.07, 6.45) is 1.53. The van der Waals surface area contributed by atoms with E-state index in [0.717, 1.165) is 0 Å². The van der Waals surface area contributed by atoms with Crippen LogP contribution in [0.4, 0.5) is 5.82 Å². The average molecular weight is 288 g/mol. The number of nitrogens with zero attached hydrogens (tertiary/aromatic N) is 2. The number of primary amides is 1. The van der Waals surface area contributed by atoms with Crippen molar-refractivity contribution in [1.29, 1.82) is 0 Å². The number of nitrogens with two attached hydrogens (primary N) is 1. The number of halogens is 2. The molecule has 1 aromatic rings. The Bertz CT molecular complexity index is 533. The molecule has 0 bridgehead atoms. The first-order valence-electron chi connectivity index (χ1n) is 5.32. The molecule has 0 aliphatic carbocycles. The zero-order valence-electron chi connectivity index (χ0n) is 9.61. The minimum atomic E-state index is -0.494. The Morgan fingerprint density at radius 1 is 1.56 bits per heavy atom. The van der Waals surface area contributed by atoms with Crippen molar-refractivity contribution in [2.24, 2.45) is 11.7 Å². The van der Waals surface area contributed by atoms with Crippen LogP contribution in [0.25, 0.3) is 0 Å². The fourth-order valence-corrected chi connectivity index (χ4v) is 2.28. The number of rotatable bonds is 2. The summed E-state index contributed by atoms with van der Waals surface area (Å²) >= 11 is 12.0. The second-order valence-corrected chi connectivity index (χ2v) is 4.96. The summed E-state index contributed by atoms with van der Waals surface area (Å²) < 4.78 is 0. The van der Waals surface area contributed by atoms with Crippen LogP contribution >= 0.6 is 23.2 Å². The van der Waals surface area contributed by atoms with E-state index in [9.17, 15) is 9.59 Å². The monoisotopic (exact) mass is 287 g/mol. The molecule has 1 fully saturated rings. The van der Waals surface area contributed by atoms with E-state index in [2.05, 4.69) is 4.98 Å². The lowest BCUT2D eigenvalue weighted by Crippen LogP contribution is -2.29. The van der Waals surface area contributed by atoms with E-state index in [-0.39, 0.29) is 18.9 Å². The number of hydrogen-bond acceptors (Lipinski definition) is 3. The molecule has 0 radical (unpaired) electrons. The van der Waals surface area contributed by atoms with Crippen LogP contribution < -0.4 is 10.6 Å². The Labute approximate surface area is 114 Å². The van der Waals surface area contributed by atoms with Gasteiger partial charge in [-0.2, -0.15) is 0 Å². The predicted molar refractivity (Wildman–Crippen MR) is 68.6 cm³/mol. The topological polar surface area (TPSA) is 76.3 Å². The van der Waals surface area contributed by atoms with Crippen molar-refractivity contribution in [3.8, 4) is 0 Å². The van der Waals surface area contributed by atoms with Crippen molar-refractivity contribution in [3.63, 3.8) is 0 Å². The number of carbonyl (C=O) groups excluding carboxylic acids is 2. The predicted octanol–water partition coefficient (Wildman–Crippen LogP) is 1.54. The molecule has 0 aromatic carbocycles. The molecule has 1 unspecified atom stereocenters. The van der Waals surface area contributed by atoms with Gasteiger partial charge in [0.05, 0.1) is 16.0 Å². The first-order chi connectivity index (χ1) is 8.41. The number of aromatic nitrogens is 1. The van der Waals surface area contributed by atoms with Crippen LogP contribution in [0.3, 0.4) is 0 Å². The lowest BCUT2D eigenvalue weighted by Gasteiger charge is -2.17. The maximum atomic E-state index is 11.8. The van der Waals surface area contributed by atoms with Gasteiger partial charge >= 0.3 is 0 Å². The summed E-state index contributed by atoms with van der Waals surface area (Å²) in [7, 11) is 0. The number of hydrogen-bond donors (Lipinski definition) is 1. The molecule has 96 valence electrons. The van der Waals surface area contributed by atoms with Crippen molar-refractivity contribution in [3.05, 3.63) is 21.8 Å². The van der Waals surface area contributed by atoms with Gasteiger partial charge in [-0.25, -0.2) is 4.98 Å². The summed E-state index contributed by atoms with van der Waals surface area (Å²) in [6, 6.07) is 0. The lowest BCUT2D eigenvalue weighted by molar-refractivity contribution is -0.123. The maximum absolute atomic E-state index is 11.8. The van der Waals surface area contributed by atoms with Crippen molar-refractivity contribution >= 4 is 40.8 Å². The van der Waals surface area contributed by atoms with Crippen LogP contribution in [0.15, 0.2) is 6.20 Å². The summed E-state index contributed by atoms with van der Waals surface area (Å²) in [4.78, 5) is 28.4. The fourth-order valence-electron chi connectivity index (χ4n) is 1.83. The molecule has 1 atom stereocenters. The molecule has 1 aliphatic heterocycles. The van der Waals surface area contributed by atoms with Gasteiger partial charge < -0.3 is 5.73 Å². The van der Waals surface area contributed by atoms with E-state index < -0.39 is 11.8 Å². The van der Waals surface area contributed by atoms with E-state index in [1.165, 1.54) is 11.1 Å². The quantitative estimate of drug-likeness (QED) is 0.896. The second kappa shape index (κ2) is 4.74. The third-order valence-corrected chi connectivity index (χ3v) is 3.80. The van der Waals surface area contributed by atoms with Crippen molar-refractivity contribution in [1.82, 2.24) is 4.98 Å². The molecule has 2 amide bonds. The van der Waals surface area contributed by atoms with Crippen LogP contribution in [-0.4, -0.2) is 23.3 Å². The van der Waals surface area contributed by atoms with Gasteiger partial charge in [0.25, 0.3) is 0 Å². The molecule has 7 heteroatoms. The van der Waals surface area contributed by atoms with Crippen LogP contribution in [0.2, 0.25) is 10.0 Å². The molecule has 2 N–H and O–H groups in total. The van der Waals surface area contributed by atoms with Crippen LogP contribution in [0, 0.1) is 12.8 Å². The van der Waals surface area contributed by atoms with Crippen LogP contribution in [-0.2, 0) is 9.59 Å². The lowest BCUT2D eigenvalue weighted by atomic mass is 10.1. The number of anilines is 1. The van der Waals surface area contributed by atoms with Crippen molar-refractivity contribution < 1.29 is 9.59 Å². The van der Waals surface area contributed by atoms with E-state index in [1.54, 1.807) is 6.92 Å². The SMILES string of the molecule is Cc1c(Cl)cnc(N2CC(C(N)=O)CC2=O)c1Cl. The Balaban J connectivity index is 2.36. The van der Waals surface area contributed by atoms with Gasteiger partial charge in [-0.15, -0.1) is 0 Å². The summed E-state index contributed by atoms with van der Waals surface area (Å²) in [5, 5.41) is 0.753.